The number of carbonyl (C=O) groups excluding carboxylic acids is 2. The number of aromatic nitrogens is 2. The number of ether oxygens (including phenoxy) is 3. The number of benzene rings is 1. The van der Waals surface area contributed by atoms with Crippen LogP contribution in [-0.4, -0.2) is 48.3 Å². The van der Waals surface area contributed by atoms with E-state index < -0.39 is 12.1 Å². The van der Waals surface area contributed by atoms with Crippen molar-refractivity contribution in [2.75, 3.05) is 20.8 Å². The molecule has 1 fully saturated rings. The van der Waals surface area contributed by atoms with Gasteiger partial charge in [0.2, 0.25) is 5.91 Å². The van der Waals surface area contributed by atoms with Crippen molar-refractivity contribution in [3.05, 3.63) is 41.0 Å². The number of morpholine rings is 1. The second kappa shape index (κ2) is 8.52. The summed E-state index contributed by atoms with van der Waals surface area (Å²) in [6, 6.07) is 4.57. The van der Waals surface area contributed by atoms with E-state index in [1.165, 1.54) is 7.11 Å². The fourth-order valence-electron chi connectivity index (χ4n) is 3.29. The van der Waals surface area contributed by atoms with E-state index in [1.807, 2.05) is 25.5 Å². The summed E-state index contributed by atoms with van der Waals surface area (Å²) < 4.78 is 18.1. The van der Waals surface area contributed by atoms with E-state index in [9.17, 15) is 9.59 Å². The molecule has 0 radical (unpaired) electrons. The number of nitrogens with zero attached hydrogens (tertiary/aromatic N) is 2. The molecule has 1 saturated heterocycles. The number of rotatable bonds is 6. The summed E-state index contributed by atoms with van der Waals surface area (Å²) in [6.07, 6.45) is -0.881. The maximum Gasteiger partial charge on any atom is 0.252 e. The van der Waals surface area contributed by atoms with Crippen LogP contribution in [0.4, 0.5) is 0 Å². The third kappa shape index (κ3) is 4.19. The number of carbonyl (C=O) groups is 2. The highest BCUT2D eigenvalue weighted by Gasteiger charge is 2.36. The zero-order valence-corrected chi connectivity index (χ0v) is 17.2. The van der Waals surface area contributed by atoms with Gasteiger partial charge in [0.25, 0.3) is 5.91 Å². The van der Waals surface area contributed by atoms with Gasteiger partial charge in [0.05, 0.1) is 32.5 Å². The molecule has 2 heterocycles. The summed E-state index contributed by atoms with van der Waals surface area (Å²) in [5.41, 5.74) is 2.64. The predicted molar refractivity (Wildman–Crippen MR) is 105 cm³/mol. The summed E-state index contributed by atoms with van der Waals surface area (Å²) in [4.78, 5) is 29.2. The van der Waals surface area contributed by atoms with Crippen LogP contribution >= 0.6 is 0 Å². The number of nitrogens with one attached hydrogen (secondary N) is 2. The zero-order valence-electron chi connectivity index (χ0n) is 17.2. The molecule has 156 valence electrons. The van der Waals surface area contributed by atoms with E-state index in [-0.39, 0.29) is 25.0 Å². The summed E-state index contributed by atoms with van der Waals surface area (Å²) >= 11 is 0. The van der Waals surface area contributed by atoms with Gasteiger partial charge in [-0.3, -0.25) is 9.59 Å². The molecule has 3 rings (SSSR count). The topological polar surface area (TPSA) is 104 Å². The van der Waals surface area contributed by atoms with Gasteiger partial charge >= 0.3 is 0 Å². The first kappa shape index (κ1) is 20.7. The quantitative estimate of drug-likeness (QED) is 0.745. The smallest absolute Gasteiger partial charge is 0.252 e. The van der Waals surface area contributed by atoms with Crippen LogP contribution in [0.3, 0.4) is 0 Å². The fraction of sp³-hybridized carbons (Fsp3) is 0.450. The number of aryl methyl sites for hydroxylation is 1. The molecule has 2 N–H and O–H groups in total. The molecule has 9 nitrogen and oxygen atoms in total. The summed E-state index contributed by atoms with van der Waals surface area (Å²) in [7, 11) is 4.97. The maximum absolute atomic E-state index is 12.9. The van der Waals surface area contributed by atoms with E-state index in [1.54, 1.807) is 25.3 Å². The summed E-state index contributed by atoms with van der Waals surface area (Å²) in [5, 5.41) is 5.69. The Balaban J connectivity index is 1.79. The van der Waals surface area contributed by atoms with Gasteiger partial charge in [0.15, 0.2) is 17.6 Å². The minimum Gasteiger partial charge on any atom is -0.493 e. The van der Waals surface area contributed by atoms with Crippen LogP contribution in [0.1, 0.15) is 28.8 Å². The molecule has 2 atom stereocenters. The molecule has 1 aromatic carbocycles. The lowest BCUT2D eigenvalue weighted by Crippen LogP contribution is -2.52. The van der Waals surface area contributed by atoms with Crippen LogP contribution < -0.4 is 20.1 Å². The molecule has 2 aromatic rings. The van der Waals surface area contributed by atoms with Gasteiger partial charge in [-0.2, -0.15) is 0 Å². The van der Waals surface area contributed by atoms with E-state index >= 15 is 0 Å². The van der Waals surface area contributed by atoms with Gasteiger partial charge in [0, 0.05) is 12.7 Å². The minimum atomic E-state index is -0.881. The summed E-state index contributed by atoms with van der Waals surface area (Å²) in [5.74, 6) is 1.19. The molecular weight excluding hydrogens is 376 g/mol. The maximum atomic E-state index is 12.9. The van der Waals surface area contributed by atoms with Gasteiger partial charge in [-0.25, -0.2) is 4.98 Å². The molecule has 0 aliphatic carbocycles. The Kier molecular flexibility index (Phi) is 6.07. The van der Waals surface area contributed by atoms with E-state index in [4.69, 9.17) is 14.2 Å². The monoisotopic (exact) mass is 402 g/mol. The lowest BCUT2D eigenvalue weighted by molar-refractivity contribution is -0.148. The first-order valence-electron chi connectivity index (χ1n) is 9.25. The molecule has 1 aliphatic heterocycles. The fourth-order valence-corrected chi connectivity index (χ4v) is 3.29. The molecule has 1 aliphatic rings. The van der Waals surface area contributed by atoms with Gasteiger partial charge < -0.3 is 29.4 Å². The van der Waals surface area contributed by atoms with Gasteiger partial charge in [-0.15, -0.1) is 0 Å². The van der Waals surface area contributed by atoms with Crippen LogP contribution in [0, 0.1) is 13.8 Å². The lowest BCUT2D eigenvalue weighted by Gasteiger charge is -2.32. The molecule has 0 saturated carbocycles. The van der Waals surface area contributed by atoms with Crippen LogP contribution in [0.15, 0.2) is 18.2 Å². The Morgan fingerprint density at radius 3 is 2.66 bits per heavy atom. The Morgan fingerprint density at radius 1 is 1.31 bits per heavy atom. The standard InChI is InChI=1S/C20H26N4O5/c1-11-12(2)24(3)16(22-11)9-21-20(26)19-18(23-17(25)10-29-19)13-6-7-14(27-4)15(8-13)28-5/h6-8,18-19H,9-10H2,1-5H3,(H,21,26)(H,23,25)/t18-,19+/m1/s1. The summed E-state index contributed by atoms with van der Waals surface area (Å²) in [6.45, 7) is 3.98. The molecular formula is C20H26N4O5. The number of hydrogen-bond donors (Lipinski definition) is 2. The van der Waals surface area contributed by atoms with Crippen molar-refractivity contribution < 1.29 is 23.8 Å². The van der Waals surface area contributed by atoms with Crippen LogP contribution in [-0.2, 0) is 27.9 Å². The van der Waals surface area contributed by atoms with Crippen LogP contribution in [0.2, 0.25) is 0 Å². The average molecular weight is 402 g/mol. The van der Waals surface area contributed by atoms with Crippen LogP contribution in [0.25, 0.3) is 0 Å². The van der Waals surface area contributed by atoms with Crippen molar-refractivity contribution in [3.8, 4) is 11.5 Å². The third-order valence-corrected chi connectivity index (χ3v) is 5.17. The molecule has 1 aromatic heterocycles. The van der Waals surface area contributed by atoms with Crippen LogP contribution in [0.5, 0.6) is 11.5 Å². The highest BCUT2D eigenvalue weighted by Crippen LogP contribution is 2.32. The second-order valence-corrected chi connectivity index (χ2v) is 6.87. The minimum absolute atomic E-state index is 0.178. The molecule has 0 unspecified atom stereocenters. The first-order chi connectivity index (χ1) is 13.8. The number of hydrogen-bond acceptors (Lipinski definition) is 6. The Morgan fingerprint density at radius 2 is 2.03 bits per heavy atom. The largest absolute Gasteiger partial charge is 0.493 e. The second-order valence-electron chi connectivity index (χ2n) is 6.87. The molecule has 0 spiro atoms. The van der Waals surface area contributed by atoms with E-state index in [0.29, 0.717) is 17.1 Å². The predicted octanol–water partition coefficient (Wildman–Crippen LogP) is 0.927. The van der Waals surface area contributed by atoms with Crippen molar-refractivity contribution in [1.82, 2.24) is 20.2 Å². The normalized spacial score (nSPS) is 18.9. The van der Waals surface area contributed by atoms with Crippen molar-refractivity contribution in [3.63, 3.8) is 0 Å². The van der Waals surface area contributed by atoms with Crippen molar-refractivity contribution >= 4 is 11.8 Å². The molecule has 2 amide bonds. The lowest BCUT2D eigenvalue weighted by atomic mass is 9.98. The Hall–Kier alpha value is -3.07. The molecule has 29 heavy (non-hydrogen) atoms. The third-order valence-electron chi connectivity index (χ3n) is 5.17. The van der Waals surface area contributed by atoms with E-state index in [0.717, 1.165) is 17.2 Å². The highest BCUT2D eigenvalue weighted by atomic mass is 16.5. The number of methoxy groups -OCH3 is 2. The zero-order chi connectivity index (χ0) is 21.1. The van der Waals surface area contributed by atoms with Crippen molar-refractivity contribution in [1.29, 1.82) is 0 Å². The van der Waals surface area contributed by atoms with Gasteiger partial charge in [-0.05, 0) is 31.5 Å². The molecule has 9 heteroatoms. The highest BCUT2D eigenvalue weighted by molar-refractivity contribution is 5.86. The van der Waals surface area contributed by atoms with Gasteiger partial charge in [-0.1, -0.05) is 6.07 Å². The number of amides is 2. The SMILES string of the molecule is COc1ccc([C@H]2NC(=O)CO[C@@H]2C(=O)NCc2nc(C)c(C)n2C)cc1OC. The van der Waals surface area contributed by atoms with Crippen molar-refractivity contribution in [2.24, 2.45) is 7.05 Å². The molecule has 0 bridgehead atoms. The Labute approximate surface area is 169 Å². The number of imidazole rings is 1. The first-order valence-corrected chi connectivity index (χ1v) is 9.25. The van der Waals surface area contributed by atoms with Crippen molar-refractivity contribution in [2.45, 2.75) is 32.5 Å². The Bertz CT molecular complexity index is 924. The van der Waals surface area contributed by atoms with E-state index in [2.05, 4.69) is 15.6 Å². The van der Waals surface area contributed by atoms with Gasteiger partial charge in [0.1, 0.15) is 12.4 Å². The average Bonchev–Trinajstić information content (AvgIpc) is 2.98.